The number of benzene rings is 1. The highest BCUT2D eigenvalue weighted by molar-refractivity contribution is 5.75. The molecule has 2 aliphatic heterocycles. The Morgan fingerprint density at radius 1 is 1.25 bits per heavy atom. The Hall–Kier alpha value is -3.30. The normalized spacial score (nSPS) is 18.5. The predicted octanol–water partition coefficient (Wildman–Crippen LogP) is 2.27. The van der Waals surface area contributed by atoms with Gasteiger partial charge in [-0.25, -0.2) is 14.1 Å². The summed E-state index contributed by atoms with van der Waals surface area (Å²) in [6.07, 6.45) is 7.35. The molecule has 1 aromatic carbocycles. The smallest absolute Gasteiger partial charge is 0.264 e. The first kappa shape index (κ1) is 20.6. The SMILES string of the molecule is CC1=C(F)C=CN(c2cccc(-n3ncc4c(=O)n(CC5(O)CCNCC5)cnc43)c2)C1. The molecule has 32 heavy (non-hydrogen) atoms. The van der Waals surface area contributed by atoms with Crippen molar-refractivity contribution in [2.24, 2.45) is 0 Å². The molecule has 9 heteroatoms. The fraction of sp³-hybridized carbons (Fsp3) is 0.348. The van der Waals surface area contributed by atoms with Crippen LogP contribution in [0.3, 0.4) is 0 Å². The lowest BCUT2D eigenvalue weighted by molar-refractivity contribution is -0.00628. The van der Waals surface area contributed by atoms with Gasteiger partial charge in [0.1, 0.15) is 17.5 Å². The minimum atomic E-state index is -0.914. The van der Waals surface area contributed by atoms with Gasteiger partial charge in [0.2, 0.25) is 0 Å². The van der Waals surface area contributed by atoms with Gasteiger partial charge < -0.3 is 15.3 Å². The summed E-state index contributed by atoms with van der Waals surface area (Å²) in [6, 6.07) is 7.65. The number of aliphatic hydroxyl groups is 1. The number of nitrogens with one attached hydrogen (secondary N) is 1. The van der Waals surface area contributed by atoms with Gasteiger partial charge in [-0.2, -0.15) is 5.10 Å². The molecule has 1 saturated heterocycles. The first-order chi connectivity index (χ1) is 15.4. The molecular weight excluding hydrogens is 411 g/mol. The van der Waals surface area contributed by atoms with Crippen molar-refractivity contribution in [3.63, 3.8) is 0 Å². The fourth-order valence-corrected chi connectivity index (χ4v) is 4.28. The van der Waals surface area contributed by atoms with Crippen molar-refractivity contribution < 1.29 is 9.50 Å². The molecule has 2 N–H and O–H groups in total. The van der Waals surface area contributed by atoms with Crippen LogP contribution in [0.4, 0.5) is 10.1 Å². The summed E-state index contributed by atoms with van der Waals surface area (Å²) >= 11 is 0. The van der Waals surface area contributed by atoms with Gasteiger partial charge in [-0.05, 0) is 62.7 Å². The summed E-state index contributed by atoms with van der Waals surface area (Å²) < 4.78 is 16.8. The number of hydrogen-bond donors (Lipinski definition) is 2. The van der Waals surface area contributed by atoms with E-state index in [4.69, 9.17) is 0 Å². The van der Waals surface area contributed by atoms with Crippen LogP contribution in [0.5, 0.6) is 0 Å². The van der Waals surface area contributed by atoms with Crippen molar-refractivity contribution in [2.75, 3.05) is 24.5 Å². The van der Waals surface area contributed by atoms with Crippen LogP contribution in [0.1, 0.15) is 19.8 Å². The van der Waals surface area contributed by atoms with E-state index in [1.165, 1.54) is 23.2 Å². The molecule has 0 bridgehead atoms. The Balaban J connectivity index is 1.46. The summed E-state index contributed by atoms with van der Waals surface area (Å²) in [7, 11) is 0. The van der Waals surface area contributed by atoms with Gasteiger partial charge in [0.05, 0.1) is 24.0 Å². The topological polar surface area (TPSA) is 88.2 Å². The second-order valence-corrected chi connectivity index (χ2v) is 8.54. The summed E-state index contributed by atoms with van der Waals surface area (Å²) in [6.45, 7) is 3.90. The Labute approximate surface area is 184 Å². The molecule has 1 fully saturated rings. The van der Waals surface area contributed by atoms with Crippen LogP contribution in [0.2, 0.25) is 0 Å². The number of anilines is 1. The number of rotatable bonds is 4. The standard InChI is InChI=1S/C23H25FN6O2/c1-16-13-28(10-5-20(16)24)17-3-2-4-18(11-17)30-21-19(12-27-30)22(31)29(15-26-21)14-23(32)6-8-25-9-7-23/h2-5,10-12,15,25,32H,6-9,13-14H2,1H3. The number of halogens is 1. The highest BCUT2D eigenvalue weighted by Crippen LogP contribution is 2.25. The number of fused-ring (bicyclic) bond motifs is 1. The van der Waals surface area contributed by atoms with E-state index in [-0.39, 0.29) is 17.9 Å². The molecule has 0 radical (unpaired) electrons. The van der Waals surface area contributed by atoms with Crippen LogP contribution >= 0.6 is 0 Å². The third-order valence-electron chi connectivity index (χ3n) is 6.18. The van der Waals surface area contributed by atoms with Crippen molar-refractivity contribution in [2.45, 2.75) is 31.9 Å². The Bertz CT molecular complexity index is 1290. The van der Waals surface area contributed by atoms with Gasteiger partial charge in [-0.1, -0.05) is 6.07 Å². The minimum Gasteiger partial charge on any atom is -0.388 e. The summed E-state index contributed by atoms with van der Waals surface area (Å²) in [5.41, 5.74) is 1.62. The van der Waals surface area contributed by atoms with Gasteiger partial charge in [0.25, 0.3) is 5.56 Å². The lowest BCUT2D eigenvalue weighted by Gasteiger charge is -2.32. The van der Waals surface area contributed by atoms with Gasteiger partial charge in [0.15, 0.2) is 5.65 Å². The molecule has 0 unspecified atom stereocenters. The van der Waals surface area contributed by atoms with Crippen molar-refractivity contribution in [3.05, 3.63) is 70.8 Å². The quantitative estimate of drug-likeness (QED) is 0.653. The largest absolute Gasteiger partial charge is 0.388 e. The second-order valence-electron chi connectivity index (χ2n) is 8.54. The van der Waals surface area contributed by atoms with Crippen LogP contribution in [0, 0.1) is 0 Å². The zero-order valence-corrected chi connectivity index (χ0v) is 17.8. The third kappa shape index (κ3) is 3.74. The highest BCUT2D eigenvalue weighted by atomic mass is 19.1. The van der Waals surface area contributed by atoms with E-state index in [1.54, 1.807) is 17.8 Å². The van der Waals surface area contributed by atoms with Crippen LogP contribution < -0.4 is 15.8 Å². The van der Waals surface area contributed by atoms with E-state index < -0.39 is 5.60 Å². The predicted molar refractivity (Wildman–Crippen MR) is 120 cm³/mol. The first-order valence-corrected chi connectivity index (χ1v) is 10.7. The van der Waals surface area contributed by atoms with Gasteiger partial charge in [0, 0.05) is 18.4 Å². The number of hydrogen-bond acceptors (Lipinski definition) is 6. The van der Waals surface area contributed by atoms with Crippen molar-refractivity contribution in [1.82, 2.24) is 24.6 Å². The lowest BCUT2D eigenvalue weighted by atomic mass is 9.92. The summed E-state index contributed by atoms with van der Waals surface area (Å²) in [5.74, 6) is -0.204. The molecule has 166 valence electrons. The van der Waals surface area contributed by atoms with Crippen LogP contribution in [-0.2, 0) is 6.54 Å². The van der Waals surface area contributed by atoms with Crippen LogP contribution in [-0.4, -0.2) is 49.7 Å². The molecule has 0 amide bonds. The fourth-order valence-electron chi connectivity index (χ4n) is 4.28. The Morgan fingerprint density at radius 2 is 2.03 bits per heavy atom. The van der Waals surface area contributed by atoms with Gasteiger partial charge in [-0.3, -0.25) is 9.36 Å². The average molecular weight is 436 g/mol. The zero-order chi connectivity index (χ0) is 22.3. The number of nitrogens with zero attached hydrogens (tertiary/aromatic N) is 5. The van der Waals surface area contributed by atoms with E-state index in [0.29, 0.717) is 36.0 Å². The van der Waals surface area contributed by atoms with E-state index >= 15 is 0 Å². The summed E-state index contributed by atoms with van der Waals surface area (Å²) in [4.78, 5) is 19.5. The molecule has 3 aromatic rings. The molecule has 2 aliphatic rings. The molecule has 5 rings (SSSR count). The molecule has 0 spiro atoms. The zero-order valence-electron chi connectivity index (χ0n) is 17.8. The second kappa shape index (κ2) is 7.99. The highest BCUT2D eigenvalue weighted by Gasteiger charge is 2.30. The Kier molecular flexibility index (Phi) is 5.15. The lowest BCUT2D eigenvalue weighted by Crippen LogP contribution is -2.46. The van der Waals surface area contributed by atoms with Crippen LogP contribution in [0.25, 0.3) is 16.7 Å². The molecule has 0 atom stereocenters. The maximum absolute atomic E-state index is 13.7. The van der Waals surface area contributed by atoms with Gasteiger partial charge >= 0.3 is 0 Å². The molecule has 8 nitrogen and oxygen atoms in total. The monoisotopic (exact) mass is 436 g/mol. The number of piperidine rings is 1. The number of allylic oxidation sites excluding steroid dienone is 2. The van der Waals surface area contributed by atoms with E-state index in [9.17, 15) is 14.3 Å². The van der Waals surface area contributed by atoms with Gasteiger partial charge in [-0.15, -0.1) is 0 Å². The van der Waals surface area contributed by atoms with Crippen molar-refractivity contribution in [3.8, 4) is 5.69 Å². The number of aromatic nitrogens is 4. The van der Waals surface area contributed by atoms with Crippen LogP contribution in [0.15, 0.2) is 65.3 Å². The summed E-state index contributed by atoms with van der Waals surface area (Å²) in [5, 5.41) is 18.8. The third-order valence-corrected chi connectivity index (χ3v) is 6.18. The molecular formula is C23H25FN6O2. The van der Waals surface area contributed by atoms with E-state index in [1.807, 2.05) is 29.2 Å². The molecule has 0 saturated carbocycles. The maximum Gasteiger partial charge on any atom is 0.264 e. The minimum absolute atomic E-state index is 0.204. The molecule has 4 heterocycles. The molecule has 2 aromatic heterocycles. The molecule has 0 aliphatic carbocycles. The van der Waals surface area contributed by atoms with E-state index in [2.05, 4.69) is 15.4 Å². The van der Waals surface area contributed by atoms with Crippen molar-refractivity contribution in [1.29, 1.82) is 0 Å². The van der Waals surface area contributed by atoms with Crippen molar-refractivity contribution >= 4 is 16.7 Å². The maximum atomic E-state index is 13.7. The average Bonchev–Trinajstić information content (AvgIpc) is 3.23. The first-order valence-electron chi connectivity index (χ1n) is 10.7. The Morgan fingerprint density at radius 3 is 2.81 bits per heavy atom. The van der Waals surface area contributed by atoms with E-state index in [0.717, 1.165) is 24.5 Å².